The number of esters is 4. The zero-order valence-corrected chi connectivity index (χ0v) is 32.3. The van der Waals surface area contributed by atoms with E-state index in [2.05, 4.69) is 15.9 Å². The fraction of sp³-hybridized carbons (Fsp3) is 0.514. The van der Waals surface area contributed by atoms with Gasteiger partial charge < -0.3 is 41.5 Å². The van der Waals surface area contributed by atoms with Crippen molar-refractivity contribution in [3.05, 3.63) is 53.6 Å². The largest absolute Gasteiger partial charge is 0.501 e. The van der Waals surface area contributed by atoms with Crippen LogP contribution in [0.4, 0.5) is 0 Å². The third-order valence-corrected chi connectivity index (χ3v) is 8.69. The molecule has 1 unspecified atom stereocenters. The highest BCUT2D eigenvalue weighted by Crippen LogP contribution is 2.36. The number of halogens is 1. The molecule has 1 aliphatic rings. The summed E-state index contributed by atoms with van der Waals surface area (Å²) in [7, 11) is -4.89. The first kappa shape index (κ1) is 43.1. The Balaban J connectivity index is 2.04. The topological polar surface area (TPSA) is 203 Å². The molecule has 0 aliphatic carbocycles. The molecule has 18 heteroatoms. The lowest BCUT2D eigenvalue weighted by molar-refractivity contribution is -0.288. The molecule has 2 aromatic rings. The van der Waals surface area contributed by atoms with E-state index in [1.807, 2.05) is 6.92 Å². The molecule has 0 spiro atoms. The second-order valence-electron chi connectivity index (χ2n) is 11.7. The number of hydrogen-bond acceptors (Lipinski definition) is 16. The third kappa shape index (κ3) is 14.2. The Hall–Kier alpha value is -4.26. The van der Waals surface area contributed by atoms with Crippen LogP contribution in [0.1, 0.15) is 76.2 Å². The van der Waals surface area contributed by atoms with Gasteiger partial charge in [-0.25, -0.2) is 0 Å². The summed E-state index contributed by atoms with van der Waals surface area (Å²) in [6, 6.07) is 9.77. The average Bonchev–Trinajstić information content (AvgIpc) is 3.08. The van der Waals surface area contributed by atoms with Gasteiger partial charge in [-0.15, -0.1) is 8.42 Å². The standard InChI is InChI=1S/C35H43BrO16S/c1-6-7-16-44-17-8-9-28(41)26-12-15-29(30(18-26)52-53(42,43)51-27-13-10-25(19-36)11-14-27)49-35-34(48-24(5)40)33(47-23(4)39)32(46-22(3)38)31(50-35)20-45-21(2)37/h10-15,18,31-35H,6-9,16-17,19-20H2,1-5H3/t31-,32+,33+,34-,35?/m1/s1. The van der Waals surface area contributed by atoms with Gasteiger partial charge in [0, 0.05) is 58.2 Å². The summed E-state index contributed by atoms with van der Waals surface area (Å²) in [4.78, 5) is 61.5. The molecule has 1 heterocycles. The molecule has 0 radical (unpaired) electrons. The van der Waals surface area contributed by atoms with Crippen LogP contribution in [0, 0.1) is 0 Å². The number of rotatable bonds is 20. The van der Waals surface area contributed by atoms with Crippen LogP contribution in [0.25, 0.3) is 0 Å². The van der Waals surface area contributed by atoms with E-state index in [1.54, 1.807) is 12.1 Å². The summed E-state index contributed by atoms with van der Waals surface area (Å²) in [5.74, 6) is -4.64. The van der Waals surface area contributed by atoms with E-state index in [4.69, 9.17) is 41.5 Å². The highest BCUT2D eigenvalue weighted by molar-refractivity contribution is 9.08. The van der Waals surface area contributed by atoms with Crippen LogP contribution < -0.4 is 13.1 Å². The van der Waals surface area contributed by atoms with Crippen molar-refractivity contribution in [1.29, 1.82) is 0 Å². The molecule has 0 aromatic heterocycles. The molecule has 1 saturated heterocycles. The molecule has 1 aliphatic heterocycles. The summed E-state index contributed by atoms with van der Waals surface area (Å²) in [5.41, 5.74) is 0.900. The summed E-state index contributed by atoms with van der Waals surface area (Å²) >= 11 is 3.31. The molecule has 53 heavy (non-hydrogen) atoms. The predicted molar refractivity (Wildman–Crippen MR) is 188 cm³/mol. The van der Waals surface area contributed by atoms with E-state index in [0.29, 0.717) is 25.0 Å². The smallest absolute Gasteiger partial charge is 0.463 e. The van der Waals surface area contributed by atoms with Gasteiger partial charge in [0.1, 0.15) is 18.5 Å². The number of hydrogen-bond donors (Lipinski definition) is 0. The Labute approximate surface area is 316 Å². The van der Waals surface area contributed by atoms with Crippen molar-refractivity contribution < 1.29 is 73.9 Å². The van der Waals surface area contributed by atoms with Crippen LogP contribution in [0.5, 0.6) is 17.2 Å². The van der Waals surface area contributed by atoms with Gasteiger partial charge in [-0.05, 0) is 48.7 Å². The van der Waals surface area contributed by atoms with Gasteiger partial charge in [-0.3, -0.25) is 24.0 Å². The van der Waals surface area contributed by atoms with Crippen LogP contribution in [-0.2, 0) is 63.3 Å². The first-order chi connectivity index (χ1) is 25.1. The number of unbranched alkanes of at least 4 members (excludes halogenated alkanes) is 1. The van der Waals surface area contributed by atoms with E-state index in [0.717, 1.165) is 52.2 Å². The second-order valence-corrected chi connectivity index (χ2v) is 13.4. The van der Waals surface area contributed by atoms with E-state index >= 15 is 0 Å². The van der Waals surface area contributed by atoms with Crippen LogP contribution in [0.3, 0.4) is 0 Å². The van der Waals surface area contributed by atoms with Crippen molar-refractivity contribution in [2.75, 3.05) is 19.8 Å². The zero-order chi connectivity index (χ0) is 39.1. The first-order valence-corrected chi connectivity index (χ1v) is 19.1. The molecule has 16 nitrogen and oxygen atoms in total. The summed E-state index contributed by atoms with van der Waals surface area (Å²) in [6.07, 6.45) is -5.47. The normalized spacial score (nSPS) is 19.7. The van der Waals surface area contributed by atoms with Crippen LogP contribution in [-0.4, -0.2) is 88.6 Å². The number of carbonyl (C=O) groups is 5. The van der Waals surface area contributed by atoms with Crippen molar-refractivity contribution in [1.82, 2.24) is 0 Å². The minimum atomic E-state index is -4.89. The molecule has 5 atom stereocenters. The van der Waals surface area contributed by atoms with Crippen LogP contribution in [0.15, 0.2) is 42.5 Å². The SMILES string of the molecule is CCCCOCCCC(=O)c1ccc(OC2O[C@H](COC(C)=O)[C@H](OC(C)=O)[C@H](OC(C)=O)[C@H]2OC(C)=O)c(OS(=O)(=O)Oc2ccc(CBr)cc2)c1. The van der Waals surface area contributed by atoms with Gasteiger partial charge in [0.15, 0.2) is 29.5 Å². The van der Waals surface area contributed by atoms with Crippen LogP contribution >= 0.6 is 15.9 Å². The van der Waals surface area contributed by atoms with E-state index in [-0.39, 0.29) is 29.3 Å². The number of carbonyl (C=O) groups excluding carboxylic acids is 5. The van der Waals surface area contributed by atoms with Crippen molar-refractivity contribution in [2.45, 2.75) is 96.3 Å². The minimum Gasteiger partial charge on any atom is -0.463 e. The Bertz CT molecular complexity index is 1680. The monoisotopic (exact) mass is 830 g/mol. The molecule has 1 fully saturated rings. The number of ketones is 1. The molecule has 0 N–H and O–H groups in total. The quantitative estimate of drug-likeness (QED) is 0.0592. The van der Waals surface area contributed by atoms with Gasteiger partial charge in [0.25, 0.3) is 0 Å². The van der Waals surface area contributed by atoms with E-state index in [9.17, 15) is 32.4 Å². The minimum absolute atomic E-state index is 0.0549. The number of alkyl halides is 1. The molecular formula is C35H43BrO16S. The van der Waals surface area contributed by atoms with E-state index < -0.39 is 77.3 Å². The maximum Gasteiger partial charge on any atom is 0.501 e. The Morgan fingerprint density at radius 1 is 0.755 bits per heavy atom. The van der Waals surface area contributed by atoms with Crippen molar-refractivity contribution in [3.8, 4) is 17.2 Å². The highest BCUT2D eigenvalue weighted by Gasteiger charge is 2.53. The summed E-state index contributed by atoms with van der Waals surface area (Å²) in [6.45, 7) is 6.69. The third-order valence-electron chi connectivity index (χ3n) is 7.26. The average molecular weight is 832 g/mol. The molecule has 0 amide bonds. The number of ether oxygens (including phenoxy) is 7. The zero-order valence-electron chi connectivity index (χ0n) is 29.9. The molecule has 292 valence electrons. The van der Waals surface area contributed by atoms with Gasteiger partial charge in [0.05, 0.1) is 0 Å². The second kappa shape index (κ2) is 20.8. The van der Waals surface area contributed by atoms with Gasteiger partial charge in [0.2, 0.25) is 12.4 Å². The van der Waals surface area contributed by atoms with Gasteiger partial charge >= 0.3 is 34.3 Å². The Morgan fingerprint density at radius 2 is 1.38 bits per heavy atom. The van der Waals surface area contributed by atoms with E-state index in [1.165, 1.54) is 24.3 Å². The predicted octanol–water partition coefficient (Wildman–Crippen LogP) is 4.53. The Kier molecular flexibility index (Phi) is 17.0. The lowest BCUT2D eigenvalue weighted by Gasteiger charge is -2.43. The molecule has 0 saturated carbocycles. The van der Waals surface area contributed by atoms with Crippen LogP contribution in [0.2, 0.25) is 0 Å². The fourth-order valence-corrected chi connectivity index (χ4v) is 6.06. The fourth-order valence-electron chi connectivity index (χ4n) is 4.96. The number of Topliss-reactive ketones (excluding diaryl/α,β-unsaturated/α-hetero) is 1. The maximum absolute atomic E-state index is 13.2. The highest BCUT2D eigenvalue weighted by atomic mass is 79.9. The molecular weight excluding hydrogens is 788 g/mol. The van der Waals surface area contributed by atoms with Crippen molar-refractivity contribution in [3.63, 3.8) is 0 Å². The summed E-state index contributed by atoms with van der Waals surface area (Å²) in [5, 5.41) is 0.516. The lowest BCUT2D eigenvalue weighted by atomic mass is 9.98. The van der Waals surface area contributed by atoms with Crippen molar-refractivity contribution in [2.24, 2.45) is 0 Å². The maximum atomic E-state index is 13.2. The molecule has 2 aromatic carbocycles. The lowest BCUT2D eigenvalue weighted by Crippen LogP contribution is -2.63. The van der Waals surface area contributed by atoms with Gasteiger partial charge in [-0.1, -0.05) is 41.4 Å². The first-order valence-electron chi connectivity index (χ1n) is 16.6. The Morgan fingerprint density at radius 3 is 1.98 bits per heavy atom. The van der Waals surface area contributed by atoms with Gasteiger partial charge in [-0.2, -0.15) is 0 Å². The molecule has 3 rings (SSSR count). The molecule has 0 bridgehead atoms. The number of benzene rings is 2. The summed E-state index contributed by atoms with van der Waals surface area (Å²) < 4.78 is 75.8. The van der Waals surface area contributed by atoms with Crippen molar-refractivity contribution >= 4 is 56.0 Å².